The predicted molar refractivity (Wildman–Crippen MR) is 132 cm³/mol. The number of imidazole rings is 1. The van der Waals surface area contributed by atoms with Crippen molar-refractivity contribution in [1.82, 2.24) is 9.55 Å². The number of carbonyl (C=O) groups is 2. The number of rotatable bonds is 8. The van der Waals surface area contributed by atoms with Crippen LogP contribution in [0.25, 0.3) is 11.0 Å². The van der Waals surface area contributed by atoms with Crippen molar-refractivity contribution in [2.75, 3.05) is 17.7 Å². The first-order valence-electron chi connectivity index (χ1n) is 10.0. The summed E-state index contributed by atoms with van der Waals surface area (Å²) in [4.78, 5) is 28.9. The van der Waals surface area contributed by atoms with Gasteiger partial charge in [-0.2, -0.15) is 0 Å². The minimum Gasteiger partial charge on any atom is -0.455 e. The number of nitrogens with one attached hydrogen (secondary N) is 1. The summed E-state index contributed by atoms with van der Waals surface area (Å²) >= 11 is 13.1. The number of thioether (sulfide) groups is 1. The van der Waals surface area contributed by atoms with Crippen LogP contribution in [-0.4, -0.2) is 33.8 Å². The van der Waals surface area contributed by atoms with Crippen LogP contribution in [-0.2, 0) is 20.9 Å². The molecule has 6 nitrogen and oxygen atoms in total. The molecular formula is C24H19Cl2N3O3S. The Hall–Kier alpha value is -3.00. The highest BCUT2D eigenvalue weighted by Gasteiger charge is 2.15. The van der Waals surface area contributed by atoms with Crippen LogP contribution in [0.15, 0.2) is 78.0 Å². The number of para-hydroxylation sites is 2. The maximum atomic E-state index is 12.2. The van der Waals surface area contributed by atoms with E-state index in [1.807, 2.05) is 53.1 Å². The van der Waals surface area contributed by atoms with Crippen LogP contribution in [0.2, 0.25) is 10.0 Å². The van der Waals surface area contributed by atoms with E-state index < -0.39 is 11.9 Å². The van der Waals surface area contributed by atoms with Gasteiger partial charge in [0.25, 0.3) is 5.91 Å². The first-order chi connectivity index (χ1) is 16.0. The number of aromatic nitrogens is 2. The van der Waals surface area contributed by atoms with Crippen molar-refractivity contribution in [3.05, 3.63) is 88.4 Å². The molecule has 33 heavy (non-hydrogen) atoms. The molecule has 168 valence electrons. The second-order valence-electron chi connectivity index (χ2n) is 7.10. The molecule has 0 aliphatic rings. The summed E-state index contributed by atoms with van der Waals surface area (Å²) in [6.07, 6.45) is 0. The second kappa shape index (κ2) is 10.7. The van der Waals surface area contributed by atoms with Crippen molar-refractivity contribution in [3.63, 3.8) is 0 Å². The van der Waals surface area contributed by atoms with Crippen LogP contribution in [0.4, 0.5) is 5.69 Å². The molecule has 1 N–H and O–H groups in total. The lowest BCUT2D eigenvalue weighted by Gasteiger charge is -2.10. The van der Waals surface area contributed by atoms with Gasteiger partial charge in [-0.3, -0.25) is 9.59 Å². The highest BCUT2D eigenvalue weighted by Crippen LogP contribution is 2.26. The molecular weight excluding hydrogens is 481 g/mol. The Kier molecular flexibility index (Phi) is 7.54. The fraction of sp³-hybridized carbons (Fsp3) is 0.125. The van der Waals surface area contributed by atoms with Gasteiger partial charge in [0.2, 0.25) is 0 Å². The highest BCUT2D eigenvalue weighted by atomic mass is 35.5. The topological polar surface area (TPSA) is 73.2 Å². The molecule has 4 rings (SSSR count). The van der Waals surface area contributed by atoms with E-state index in [1.54, 1.807) is 24.3 Å². The summed E-state index contributed by atoms with van der Waals surface area (Å²) in [6, 6.07) is 22.0. The molecule has 1 aromatic heterocycles. The van der Waals surface area contributed by atoms with E-state index in [2.05, 4.69) is 10.3 Å². The van der Waals surface area contributed by atoms with Gasteiger partial charge in [-0.1, -0.05) is 59.2 Å². The smallest absolute Gasteiger partial charge is 0.316 e. The van der Waals surface area contributed by atoms with Crippen molar-refractivity contribution in [2.24, 2.45) is 0 Å². The molecule has 0 fully saturated rings. The number of fused-ring (bicyclic) bond motifs is 1. The Morgan fingerprint density at radius 1 is 0.939 bits per heavy atom. The van der Waals surface area contributed by atoms with Crippen LogP contribution in [0.3, 0.4) is 0 Å². The Morgan fingerprint density at radius 3 is 2.33 bits per heavy atom. The van der Waals surface area contributed by atoms with Gasteiger partial charge in [-0.15, -0.1) is 0 Å². The lowest BCUT2D eigenvalue weighted by atomic mass is 10.2. The van der Waals surface area contributed by atoms with Crippen LogP contribution < -0.4 is 5.32 Å². The Bertz CT molecular complexity index is 1270. The minimum atomic E-state index is -0.503. The number of nitrogens with zero attached hydrogens (tertiary/aromatic N) is 2. The maximum Gasteiger partial charge on any atom is 0.316 e. The van der Waals surface area contributed by atoms with Gasteiger partial charge in [-0.05, 0) is 54.1 Å². The summed E-state index contributed by atoms with van der Waals surface area (Å²) in [5.41, 5.74) is 3.44. The Balaban J connectivity index is 1.37. The summed E-state index contributed by atoms with van der Waals surface area (Å²) in [7, 11) is 0. The van der Waals surface area contributed by atoms with E-state index in [0.717, 1.165) is 16.6 Å². The molecule has 0 saturated carbocycles. The fourth-order valence-corrected chi connectivity index (χ4v) is 4.19. The molecule has 0 aliphatic carbocycles. The third kappa shape index (κ3) is 6.28. The normalized spacial score (nSPS) is 10.8. The quantitative estimate of drug-likeness (QED) is 0.250. The lowest BCUT2D eigenvalue weighted by Crippen LogP contribution is -2.21. The highest BCUT2D eigenvalue weighted by molar-refractivity contribution is 7.99. The Labute approximate surface area is 204 Å². The van der Waals surface area contributed by atoms with Crippen LogP contribution in [0.1, 0.15) is 5.56 Å². The molecule has 0 saturated heterocycles. The molecule has 3 aromatic carbocycles. The number of benzene rings is 3. The number of esters is 1. The molecule has 0 atom stereocenters. The maximum absolute atomic E-state index is 12.2. The van der Waals surface area contributed by atoms with Gasteiger partial charge in [0.05, 0.1) is 23.3 Å². The summed E-state index contributed by atoms with van der Waals surface area (Å²) in [6.45, 7) is 0.210. The molecule has 1 amide bonds. The third-order valence-corrected chi connectivity index (χ3v) is 6.14. The first kappa shape index (κ1) is 23.2. The monoisotopic (exact) mass is 499 g/mol. The van der Waals surface area contributed by atoms with Crippen LogP contribution >= 0.6 is 35.0 Å². The fourth-order valence-electron chi connectivity index (χ4n) is 3.13. The summed E-state index contributed by atoms with van der Waals surface area (Å²) < 4.78 is 7.16. The van der Waals surface area contributed by atoms with Crippen molar-refractivity contribution < 1.29 is 14.3 Å². The molecule has 0 spiro atoms. The standard InChI is InChI=1S/C24H19Cl2N3O3S/c25-17-7-5-16(6-8-17)13-29-21-4-2-1-3-20(21)28-24(29)33-15-23(31)32-14-22(30)27-19-11-9-18(26)10-12-19/h1-12H,13-15H2,(H,27,30). The number of halogens is 2. The van der Waals surface area contributed by atoms with Crippen LogP contribution in [0, 0.1) is 0 Å². The van der Waals surface area contributed by atoms with Crippen LogP contribution in [0.5, 0.6) is 0 Å². The van der Waals surface area contributed by atoms with Gasteiger partial charge < -0.3 is 14.6 Å². The van der Waals surface area contributed by atoms with Crippen molar-refractivity contribution in [1.29, 1.82) is 0 Å². The summed E-state index contributed by atoms with van der Waals surface area (Å²) in [5.74, 6) is -0.903. The van der Waals surface area contributed by atoms with Gasteiger partial charge in [-0.25, -0.2) is 4.98 Å². The predicted octanol–water partition coefficient (Wildman–Crippen LogP) is 5.67. The number of amides is 1. The van der Waals surface area contributed by atoms with Crippen molar-refractivity contribution in [3.8, 4) is 0 Å². The molecule has 0 radical (unpaired) electrons. The number of hydrogen-bond acceptors (Lipinski definition) is 5. The number of anilines is 1. The van der Waals surface area contributed by atoms with Crippen molar-refractivity contribution in [2.45, 2.75) is 11.7 Å². The Morgan fingerprint density at radius 2 is 1.61 bits per heavy atom. The molecule has 4 aromatic rings. The van der Waals surface area contributed by atoms with E-state index in [0.29, 0.717) is 27.4 Å². The van der Waals surface area contributed by atoms with Gasteiger partial charge in [0.1, 0.15) is 0 Å². The molecule has 9 heteroatoms. The third-order valence-electron chi connectivity index (χ3n) is 4.68. The average molecular weight is 500 g/mol. The second-order valence-corrected chi connectivity index (χ2v) is 8.92. The summed E-state index contributed by atoms with van der Waals surface area (Å²) in [5, 5.41) is 4.58. The van der Waals surface area contributed by atoms with E-state index in [4.69, 9.17) is 27.9 Å². The molecule has 0 unspecified atom stereocenters. The SMILES string of the molecule is O=C(COC(=O)CSc1nc2ccccc2n1Cc1ccc(Cl)cc1)Nc1ccc(Cl)cc1. The average Bonchev–Trinajstić information content (AvgIpc) is 3.16. The first-order valence-corrected chi connectivity index (χ1v) is 11.8. The zero-order chi connectivity index (χ0) is 23.2. The molecule has 0 bridgehead atoms. The van der Waals surface area contributed by atoms with E-state index in [9.17, 15) is 9.59 Å². The van der Waals surface area contributed by atoms with Gasteiger partial charge in [0.15, 0.2) is 11.8 Å². The molecule has 1 heterocycles. The lowest BCUT2D eigenvalue weighted by molar-refractivity contribution is -0.144. The van der Waals surface area contributed by atoms with Gasteiger partial charge in [0, 0.05) is 15.7 Å². The van der Waals surface area contributed by atoms with E-state index >= 15 is 0 Å². The van der Waals surface area contributed by atoms with Crippen molar-refractivity contribution >= 4 is 63.6 Å². The molecule has 0 aliphatic heterocycles. The minimum absolute atomic E-state index is 0.0260. The zero-order valence-corrected chi connectivity index (χ0v) is 19.7. The number of ether oxygens (including phenoxy) is 1. The van der Waals surface area contributed by atoms with E-state index in [-0.39, 0.29) is 12.4 Å². The van der Waals surface area contributed by atoms with Gasteiger partial charge >= 0.3 is 5.97 Å². The number of hydrogen-bond donors (Lipinski definition) is 1. The van der Waals surface area contributed by atoms with E-state index in [1.165, 1.54) is 11.8 Å². The number of carbonyl (C=O) groups excluding carboxylic acids is 2. The zero-order valence-electron chi connectivity index (χ0n) is 17.3. The largest absolute Gasteiger partial charge is 0.455 e.